The molecule has 8 heteroatoms. The molecule has 1 aromatic heterocycles. The molecule has 35 heavy (non-hydrogen) atoms. The lowest BCUT2D eigenvalue weighted by atomic mass is 9.91. The van der Waals surface area contributed by atoms with Gasteiger partial charge in [0.1, 0.15) is 6.54 Å². The number of halogens is 1. The summed E-state index contributed by atoms with van der Waals surface area (Å²) in [6.45, 7) is 8.11. The van der Waals surface area contributed by atoms with Crippen molar-refractivity contribution in [3.8, 4) is 11.3 Å². The first-order valence-electron chi connectivity index (χ1n) is 12.9. The smallest absolute Gasteiger partial charge is 0.252 e. The Balaban J connectivity index is 1.71. The summed E-state index contributed by atoms with van der Waals surface area (Å²) in [4.78, 5) is 27.5. The number of nitrogens with one attached hydrogen (secondary N) is 1. The number of unbranched alkanes of at least 4 members (excludes halogenated alkanes) is 2. The number of carbonyl (C=O) groups excluding carboxylic acids is 2. The van der Waals surface area contributed by atoms with Gasteiger partial charge < -0.3 is 15.3 Å². The lowest BCUT2D eigenvalue weighted by molar-refractivity contribution is -0.130. The second-order valence-electron chi connectivity index (χ2n) is 9.73. The Morgan fingerprint density at radius 3 is 2.54 bits per heavy atom. The van der Waals surface area contributed by atoms with Crippen molar-refractivity contribution in [1.29, 1.82) is 0 Å². The molecule has 2 heterocycles. The molecule has 3 rings (SSSR count). The van der Waals surface area contributed by atoms with Crippen LogP contribution < -0.4 is 5.32 Å². The first-order valence-corrected chi connectivity index (χ1v) is 13.3. The summed E-state index contributed by atoms with van der Waals surface area (Å²) < 4.78 is 1.71. The molecule has 1 fully saturated rings. The maximum Gasteiger partial charge on any atom is 0.252 e. The van der Waals surface area contributed by atoms with Crippen molar-refractivity contribution in [1.82, 2.24) is 20.0 Å². The zero-order chi connectivity index (χ0) is 25.4. The van der Waals surface area contributed by atoms with Crippen LogP contribution in [0.25, 0.3) is 11.3 Å². The molecule has 1 aliphatic rings. The minimum absolute atomic E-state index is 0.0786. The molecule has 1 unspecified atom stereocenters. The van der Waals surface area contributed by atoms with Crippen molar-refractivity contribution >= 4 is 23.4 Å². The molecule has 2 amide bonds. The summed E-state index contributed by atoms with van der Waals surface area (Å²) in [5.41, 5.74) is 1.75. The first-order chi connectivity index (χ1) is 16.8. The molecular weight excluding hydrogens is 464 g/mol. The summed E-state index contributed by atoms with van der Waals surface area (Å²) in [5, 5.41) is 18.9. The fourth-order valence-corrected chi connectivity index (χ4v) is 4.88. The molecule has 0 bridgehead atoms. The number of carbonyl (C=O) groups is 2. The third-order valence-electron chi connectivity index (χ3n) is 6.77. The highest BCUT2D eigenvalue weighted by atomic mass is 35.5. The largest absolute Gasteiger partial charge is 0.388 e. The Hall–Kier alpha value is -2.38. The Labute approximate surface area is 213 Å². The van der Waals surface area contributed by atoms with Crippen molar-refractivity contribution in [2.45, 2.75) is 84.3 Å². The summed E-state index contributed by atoms with van der Waals surface area (Å²) in [5.74, 6) is -0.239. The van der Waals surface area contributed by atoms with Crippen LogP contribution in [0.5, 0.6) is 0 Å². The molecule has 0 spiro atoms. The van der Waals surface area contributed by atoms with Crippen LogP contribution in [0.3, 0.4) is 0 Å². The second-order valence-corrected chi connectivity index (χ2v) is 10.1. The summed E-state index contributed by atoms with van der Waals surface area (Å²) in [6, 6.07) is 7.15. The van der Waals surface area contributed by atoms with Crippen molar-refractivity contribution in [3.05, 3.63) is 40.5 Å². The number of amides is 2. The number of aliphatic hydroxyl groups is 1. The van der Waals surface area contributed by atoms with Crippen molar-refractivity contribution in [2.24, 2.45) is 0 Å². The lowest BCUT2D eigenvalue weighted by Crippen LogP contribution is -2.43. The Bertz CT molecular complexity index is 1020. The van der Waals surface area contributed by atoms with E-state index in [0.717, 1.165) is 62.9 Å². The number of hydrogen-bond acceptors (Lipinski definition) is 4. The normalized spacial score (nSPS) is 15.3. The molecule has 0 radical (unpaired) electrons. The van der Waals surface area contributed by atoms with Crippen LogP contribution in [0.4, 0.5) is 0 Å². The standard InChI is InChI=1S/C27H39ClN4O3/c1-4-6-7-13-27(35,12-5-2)19-29-26(34)22-17-21(10-11-23(22)28)24-16-20(3)32(30-24)18-25(33)31-14-8-9-15-31/h10-11,16-17,35H,4-9,12-15,18-19H2,1-3H3,(H,29,34). The quantitative estimate of drug-likeness (QED) is 0.401. The van der Waals surface area contributed by atoms with E-state index in [2.05, 4.69) is 17.3 Å². The highest BCUT2D eigenvalue weighted by Crippen LogP contribution is 2.26. The number of benzene rings is 1. The molecule has 1 saturated heterocycles. The fraction of sp³-hybridized carbons (Fsp3) is 0.593. The SMILES string of the molecule is CCCCCC(O)(CCC)CNC(=O)c1cc(-c2cc(C)n(CC(=O)N3CCCC3)n2)ccc1Cl. The van der Waals surface area contributed by atoms with E-state index in [1.807, 2.05) is 30.9 Å². The van der Waals surface area contributed by atoms with Gasteiger partial charge in [0.2, 0.25) is 5.91 Å². The first kappa shape index (κ1) is 27.2. The van der Waals surface area contributed by atoms with Gasteiger partial charge in [-0.15, -0.1) is 0 Å². The van der Waals surface area contributed by atoms with Crippen LogP contribution in [-0.4, -0.2) is 56.8 Å². The highest BCUT2D eigenvalue weighted by molar-refractivity contribution is 6.34. The molecule has 0 saturated carbocycles. The second kappa shape index (κ2) is 12.5. The van der Waals surface area contributed by atoms with Gasteiger partial charge >= 0.3 is 0 Å². The van der Waals surface area contributed by atoms with Gasteiger partial charge in [-0.25, -0.2) is 0 Å². The van der Waals surface area contributed by atoms with Crippen LogP contribution >= 0.6 is 11.6 Å². The Kier molecular flexibility index (Phi) is 9.75. The third kappa shape index (κ3) is 7.31. The Morgan fingerprint density at radius 2 is 1.86 bits per heavy atom. The van der Waals surface area contributed by atoms with E-state index in [4.69, 9.17) is 11.6 Å². The van der Waals surface area contributed by atoms with E-state index in [1.54, 1.807) is 16.8 Å². The van der Waals surface area contributed by atoms with Gasteiger partial charge in [-0.2, -0.15) is 5.10 Å². The van der Waals surface area contributed by atoms with E-state index >= 15 is 0 Å². The zero-order valence-corrected chi connectivity index (χ0v) is 22.0. The fourth-order valence-electron chi connectivity index (χ4n) is 4.68. The maximum atomic E-state index is 13.0. The highest BCUT2D eigenvalue weighted by Gasteiger charge is 2.27. The minimum Gasteiger partial charge on any atom is -0.388 e. The van der Waals surface area contributed by atoms with Crippen molar-refractivity contribution in [2.75, 3.05) is 19.6 Å². The van der Waals surface area contributed by atoms with Gasteiger partial charge in [0.25, 0.3) is 5.91 Å². The lowest BCUT2D eigenvalue weighted by Gasteiger charge is -2.28. The van der Waals surface area contributed by atoms with Gasteiger partial charge in [-0.1, -0.05) is 57.2 Å². The molecular formula is C27H39ClN4O3. The molecule has 7 nitrogen and oxygen atoms in total. The molecule has 2 aromatic rings. The van der Waals surface area contributed by atoms with Gasteiger partial charge in [0.05, 0.1) is 21.9 Å². The van der Waals surface area contributed by atoms with E-state index in [0.29, 0.717) is 29.1 Å². The maximum absolute atomic E-state index is 13.0. The van der Waals surface area contributed by atoms with Gasteiger partial charge in [0, 0.05) is 30.9 Å². The summed E-state index contributed by atoms with van der Waals surface area (Å²) in [7, 11) is 0. The van der Waals surface area contributed by atoms with E-state index in [1.165, 1.54) is 0 Å². The van der Waals surface area contributed by atoms with Crippen molar-refractivity contribution in [3.63, 3.8) is 0 Å². The average Bonchev–Trinajstić information content (AvgIpc) is 3.49. The molecule has 0 aliphatic carbocycles. The van der Waals surface area contributed by atoms with Gasteiger partial charge in [0.15, 0.2) is 0 Å². The van der Waals surface area contributed by atoms with Crippen molar-refractivity contribution < 1.29 is 14.7 Å². The number of aromatic nitrogens is 2. The van der Waals surface area contributed by atoms with Crippen LogP contribution in [0.1, 0.15) is 81.3 Å². The number of nitrogens with zero attached hydrogens (tertiary/aromatic N) is 3. The molecule has 1 aliphatic heterocycles. The van der Waals surface area contributed by atoms with Gasteiger partial charge in [-0.05, 0) is 50.8 Å². The molecule has 192 valence electrons. The number of likely N-dealkylation sites (tertiary alicyclic amines) is 1. The van der Waals surface area contributed by atoms with E-state index in [-0.39, 0.29) is 24.9 Å². The molecule has 2 N–H and O–H groups in total. The predicted octanol–water partition coefficient (Wildman–Crippen LogP) is 4.98. The number of aryl methyl sites for hydroxylation is 1. The Morgan fingerprint density at radius 1 is 1.11 bits per heavy atom. The van der Waals surface area contributed by atoms with E-state index < -0.39 is 5.60 Å². The monoisotopic (exact) mass is 502 g/mol. The van der Waals surface area contributed by atoms with Crippen LogP contribution in [-0.2, 0) is 11.3 Å². The van der Waals surface area contributed by atoms with Crippen LogP contribution in [0, 0.1) is 6.92 Å². The topological polar surface area (TPSA) is 87.5 Å². The van der Waals surface area contributed by atoms with Crippen LogP contribution in [0.2, 0.25) is 5.02 Å². The number of hydrogen-bond donors (Lipinski definition) is 2. The van der Waals surface area contributed by atoms with Crippen LogP contribution in [0.15, 0.2) is 24.3 Å². The molecule has 1 aromatic carbocycles. The summed E-state index contributed by atoms with van der Waals surface area (Å²) in [6.07, 6.45) is 7.33. The third-order valence-corrected chi connectivity index (χ3v) is 7.10. The van der Waals surface area contributed by atoms with Gasteiger partial charge in [-0.3, -0.25) is 14.3 Å². The average molecular weight is 503 g/mol. The zero-order valence-electron chi connectivity index (χ0n) is 21.3. The minimum atomic E-state index is -0.915. The van der Waals surface area contributed by atoms with E-state index in [9.17, 15) is 14.7 Å². The predicted molar refractivity (Wildman–Crippen MR) is 140 cm³/mol. The summed E-state index contributed by atoms with van der Waals surface area (Å²) >= 11 is 6.37. The molecule has 1 atom stereocenters. The number of rotatable bonds is 12.